The van der Waals surface area contributed by atoms with Gasteiger partial charge in [0.15, 0.2) is 6.23 Å². The summed E-state index contributed by atoms with van der Waals surface area (Å²) >= 11 is 5.87. The number of nitrogens with zero attached hydrogens (tertiary/aromatic N) is 1. The molecule has 3 aromatic rings. The normalized spacial score (nSPS) is 23.3. The van der Waals surface area contributed by atoms with E-state index in [9.17, 15) is 24.9 Å². The lowest BCUT2D eigenvalue weighted by atomic mass is 10.1. The molecule has 31 heavy (non-hydrogen) atoms. The van der Waals surface area contributed by atoms with E-state index in [1.807, 2.05) is 6.92 Å². The number of aliphatic hydroxyl groups is 3. The molecule has 0 radical (unpaired) electrons. The average Bonchev–Trinajstić information content (AvgIpc) is 3.04. The van der Waals surface area contributed by atoms with Crippen molar-refractivity contribution in [2.24, 2.45) is 0 Å². The number of anilines is 1. The van der Waals surface area contributed by atoms with E-state index in [-0.39, 0.29) is 10.9 Å². The van der Waals surface area contributed by atoms with Gasteiger partial charge in [-0.25, -0.2) is 0 Å². The molecule has 0 saturated carbocycles. The summed E-state index contributed by atoms with van der Waals surface area (Å²) in [6.45, 7) is 1.33. The van der Waals surface area contributed by atoms with Gasteiger partial charge in [-0.3, -0.25) is 9.59 Å². The second kappa shape index (κ2) is 8.41. The first-order valence-corrected chi connectivity index (χ1v) is 10.0. The Hall–Kier alpha value is -2.75. The van der Waals surface area contributed by atoms with Gasteiger partial charge in [0.25, 0.3) is 5.91 Å². The first-order valence-electron chi connectivity index (χ1n) is 9.65. The minimum Gasteiger partial charge on any atom is -0.394 e. The zero-order valence-electron chi connectivity index (χ0n) is 16.5. The molecule has 1 aliphatic heterocycles. The smallest absolute Gasteiger partial charge is 0.261 e. The fraction of sp³-hybridized carbons (Fsp3) is 0.273. The molecule has 0 spiro atoms. The maximum atomic E-state index is 13.1. The third-order valence-electron chi connectivity index (χ3n) is 5.33. The standard InChI is InChI=1S/C22H21ClN2O6/c1-11-2-7-16-14(8-11)18(27)15(21(30)24-13-5-3-12(23)4-6-13)9-25(16)22-20(29)19(28)17(10-26)31-22/h2-9,17,19-20,22,26,28-29H,10H2,1H3,(H,24,30)/t17-,19-,20-,22-/m1/s1. The van der Waals surface area contributed by atoms with Crippen LogP contribution in [0.1, 0.15) is 22.1 Å². The highest BCUT2D eigenvalue weighted by Gasteiger charge is 2.43. The van der Waals surface area contributed by atoms with Gasteiger partial charge in [0.1, 0.15) is 23.9 Å². The first-order chi connectivity index (χ1) is 14.8. The minimum atomic E-state index is -1.36. The average molecular weight is 445 g/mol. The molecule has 1 saturated heterocycles. The second-order valence-electron chi connectivity index (χ2n) is 7.49. The van der Waals surface area contributed by atoms with Crippen molar-refractivity contribution in [2.45, 2.75) is 31.5 Å². The van der Waals surface area contributed by atoms with E-state index >= 15 is 0 Å². The number of rotatable bonds is 4. The van der Waals surface area contributed by atoms with Gasteiger partial charge in [-0.05, 0) is 43.3 Å². The predicted octanol–water partition coefficient (Wildman–Crippen LogP) is 1.83. The molecule has 0 bridgehead atoms. The zero-order valence-corrected chi connectivity index (χ0v) is 17.3. The van der Waals surface area contributed by atoms with E-state index in [4.69, 9.17) is 16.3 Å². The highest BCUT2D eigenvalue weighted by Crippen LogP contribution is 2.32. The molecule has 9 heteroatoms. The van der Waals surface area contributed by atoms with Crippen molar-refractivity contribution in [1.29, 1.82) is 0 Å². The van der Waals surface area contributed by atoms with Crippen molar-refractivity contribution in [3.05, 3.63) is 75.0 Å². The topological polar surface area (TPSA) is 121 Å². The molecule has 8 nitrogen and oxygen atoms in total. The Labute approximate surface area is 182 Å². The Morgan fingerprint density at radius 2 is 1.87 bits per heavy atom. The number of halogens is 1. The lowest BCUT2D eigenvalue weighted by molar-refractivity contribution is -0.0509. The number of ether oxygens (including phenoxy) is 1. The lowest BCUT2D eigenvalue weighted by Crippen LogP contribution is -2.33. The second-order valence-corrected chi connectivity index (χ2v) is 7.93. The van der Waals surface area contributed by atoms with E-state index in [1.54, 1.807) is 42.5 Å². The molecule has 4 N–H and O–H groups in total. The van der Waals surface area contributed by atoms with Crippen LogP contribution in [0.5, 0.6) is 0 Å². The Balaban J connectivity index is 1.83. The summed E-state index contributed by atoms with van der Waals surface area (Å²) in [5, 5.41) is 33.5. The molecule has 162 valence electrons. The van der Waals surface area contributed by atoms with Crippen LogP contribution in [0.2, 0.25) is 5.02 Å². The first kappa shape index (κ1) is 21.5. The molecule has 2 aromatic carbocycles. The van der Waals surface area contributed by atoms with Crippen LogP contribution in [0.4, 0.5) is 5.69 Å². The largest absolute Gasteiger partial charge is 0.394 e. The monoisotopic (exact) mass is 444 g/mol. The van der Waals surface area contributed by atoms with E-state index < -0.39 is 42.5 Å². The third kappa shape index (κ3) is 3.96. The van der Waals surface area contributed by atoms with Crippen LogP contribution in [-0.2, 0) is 4.74 Å². The van der Waals surface area contributed by atoms with E-state index in [0.717, 1.165) is 5.56 Å². The Bertz CT molecular complexity index is 1190. The van der Waals surface area contributed by atoms with Gasteiger partial charge in [-0.2, -0.15) is 0 Å². The molecular formula is C22H21ClN2O6. The summed E-state index contributed by atoms with van der Waals surface area (Å²) < 4.78 is 7.07. The number of carbonyl (C=O) groups excluding carboxylic acids is 1. The SMILES string of the molecule is Cc1ccc2c(c1)c(=O)c(C(=O)Nc1ccc(Cl)cc1)cn2[C@@H]1O[C@H](CO)[C@@H](O)[C@H]1O. The van der Waals surface area contributed by atoms with Crippen LogP contribution in [0.3, 0.4) is 0 Å². The van der Waals surface area contributed by atoms with Gasteiger partial charge >= 0.3 is 0 Å². The maximum absolute atomic E-state index is 13.1. The van der Waals surface area contributed by atoms with Gasteiger partial charge in [-0.1, -0.05) is 23.2 Å². The molecule has 1 aromatic heterocycles. The summed E-state index contributed by atoms with van der Waals surface area (Å²) in [6.07, 6.45) is -3.48. The number of hydrogen-bond acceptors (Lipinski definition) is 6. The number of nitrogens with one attached hydrogen (secondary N) is 1. The number of aromatic nitrogens is 1. The maximum Gasteiger partial charge on any atom is 0.261 e. The zero-order chi connectivity index (χ0) is 22.3. The van der Waals surface area contributed by atoms with Gasteiger partial charge in [0.2, 0.25) is 5.43 Å². The van der Waals surface area contributed by atoms with Gasteiger partial charge in [0, 0.05) is 22.3 Å². The van der Waals surface area contributed by atoms with E-state index in [0.29, 0.717) is 16.2 Å². The number of benzene rings is 2. The highest BCUT2D eigenvalue weighted by atomic mass is 35.5. The van der Waals surface area contributed by atoms with Crippen LogP contribution in [0, 0.1) is 6.92 Å². The molecule has 1 amide bonds. The fourth-order valence-corrected chi connectivity index (χ4v) is 3.81. The number of aliphatic hydroxyl groups excluding tert-OH is 3. The number of fused-ring (bicyclic) bond motifs is 1. The van der Waals surface area contributed by atoms with Crippen molar-refractivity contribution in [3.63, 3.8) is 0 Å². The van der Waals surface area contributed by atoms with Gasteiger partial charge < -0.3 is 29.9 Å². The van der Waals surface area contributed by atoms with Gasteiger partial charge in [0.05, 0.1) is 12.1 Å². The quantitative estimate of drug-likeness (QED) is 0.487. The minimum absolute atomic E-state index is 0.161. The summed E-state index contributed by atoms with van der Waals surface area (Å²) in [5.74, 6) is -0.642. The van der Waals surface area contributed by atoms with Gasteiger partial charge in [-0.15, -0.1) is 0 Å². The molecule has 1 aliphatic rings. The summed E-state index contributed by atoms with van der Waals surface area (Å²) in [5.41, 5.74) is 1.05. The van der Waals surface area contributed by atoms with E-state index in [1.165, 1.54) is 10.8 Å². The van der Waals surface area contributed by atoms with Crippen LogP contribution < -0.4 is 10.7 Å². The molecule has 0 aliphatic carbocycles. The Morgan fingerprint density at radius 3 is 2.52 bits per heavy atom. The van der Waals surface area contributed by atoms with Crippen LogP contribution >= 0.6 is 11.6 Å². The molecule has 1 fully saturated rings. The van der Waals surface area contributed by atoms with Crippen molar-refractivity contribution in [3.8, 4) is 0 Å². The molecule has 4 rings (SSSR count). The Morgan fingerprint density at radius 1 is 1.16 bits per heavy atom. The van der Waals surface area contributed by atoms with Crippen molar-refractivity contribution in [1.82, 2.24) is 4.57 Å². The fourth-order valence-electron chi connectivity index (χ4n) is 3.68. The third-order valence-corrected chi connectivity index (χ3v) is 5.58. The lowest BCUT2D eigenvalue weighted by Gasteiger charge is -2.22. The summed E-state index contributed by atoms with van der Waals surface area (Å²) in [7, 11) is 0. The molecule has 2 heterocycles. The van der Waals surface area contributed by atoms with Crippen molar-refractivity contribution in [2.75, 3.05) is 11.9 Å². The summed E-state index contributed by atoms with van der Waals surface area (Å²) in [6, 6.07) is 11.5. The number of hydrogen-bond donors (Lipinski definition) is 4. The highest BCUT2D eigenvalue weighted by molar-refractivity contribution is 6.30. The number of aryl methyl sites for hydroxylation is 1. The number of amides is 1. The molecule has 4 atom stereocenters. The number of pyridine rings is 1. The summed E-state index contributed by atoms with van der Waals surface area (Å²) in [4.78, 5) is 26.0. The Kier molecular flexibility index (Phi) is 5.83. The molecule has 0 unspecified atom stereocenters. The molecular weight excluding hydrogens is 424 g/mol. The van der Waals surface area contributed by atoms with Crippen LogP contribution in [-0.4, -0.2) is 50.7 Å². The van der Waals surface area contributed by atoms with Crippen LogP contribution in [0.25, 0.3) is 10.9 Å². The van der Waals surface area contributed by atoms with E-state index in [2.05, 4.69) is 5.32 Å². The van der Waals surface area contributed by atoms with Crippen molar-refractivity contribution < 1.29 is 24.9 Å². The van der Waals surface area contributed by atoms with Crippen LogP contribution in [0.15, 0.2) is 53.5 Å². The van der Waals surface area contributed by atoms with Crippen molar-refractivity contribution >= 4 is 34.1 Å². The predicted molar refractivity (Wildman–Crippen MR) is 115 cm³/mol. The number of carbonyl (C=O) groups is 1.